The van der Waals surface area contributed by atoms with Gasteiger partial charge in [-0.1, -0.05) is 6.08 Å². The van der Waals surface area contributed by atoms with Gasteiger partial charge in [-0.05, 0) is 0 Å². The Bertz CT molecular complexity index is 195. The van der Waals surface area contributed by atoms with Crippen LogP contribution in [0.1, 0.15) is 0 Å². The van der Waals surface area contributed by atoms with E-state index in [0.29, 0.717) is 0 Å². The molecule has 0 aliphatic heterocycles. The number of aldehydes is 1. The lowest BCUT2D eigenvalue weighted by atomic mass is 10.0. The minimum atomic E-state index is -1.57. The van der Waals surface area contributed by atoms with Gasteiger partial charge in [0, 0.05) is 0 Å². The second-order valence-electron chi connectivity index (χ2n) is 2.95. The zero-order valence-corrected chi connectivity index (χ0v) is 8.19. The number of carbonyl (C=O) groups is 1. The molecule has 0 aromatic heterocycles. The van der Waals surface area contributed by atoms with Crippen LogP contribution in [0.3, 0.4) is 0 Å². The Hall–Kier alpha value is -0.790. The van der Waals surface area contributed by atoms with E-state index in [0.717, 1.165) is 0 Å². The van der Waals surface area contributed by atoms with Gasteiger partial charge in [0.25, 0.3) is 0 Å². The van der Waals surface area contributed by atoms with E-state index >= 15 is 0 Å². The molecule has 0 spiro atoms. The van der Waals surface area contributed by atoms with Crippen LogP contribution in [0.25, 0.3) is 0 Å². The molecule has 15 heavy (non-hydrogen) atoms. The second-order valence-corrected chi connectivity index (χ2v) is 2.95. The summed E-state index contributed by atoms with van der Waals surface area (Å²) in [5, 5.41) is 36.3. The summed E-state index contributed by atoms with van der Waals surface area (Å²) in [5.74, 6) is 0. The number of aliphatic hydroxyl groups is 4. The molecule has 0 saturated heterocycles. The maximum absolute atomic E-state index is 10.3. The van der Waals surface area contributed by atoms with Crippen molar-refractivity contribution in [2.45, 2.75) is 24.4 Å². The molecule has 4 atom stereocenters. The van der Waals surface area contributed by atoms with Crippen molar-refractivity contribution in [2.24, 2.45) is 0 Å². The lowest BCUT2D eigenvalue weighted by Gasteiger charge is -2.27. The molecule has 0 bridgehead atoms. The highest BCUT2D eigenvalue weighted by Crippen LogP contribution is 2.08. The number of aliphatic hydroxyl groups excluding tert-OH is 4. The predicted molar refractivity (Wildman–Crippen MR) is 51.1 cm³/mol. The lowest BCUT2D eigenvalue weighted by Crippen LogP contribution is -2.48. The van der Waals surface area contributed by atoms with Crippen LogP contribution in [0.5, 0.6) is 0 Å². The molecular weight excluding hydrogens is 204 g/mol. The summed E-state index contributed by atoms with van der Waals surface area (Å²) >= 11 is 0. The molecular formula is C9H16O6. The molecule has 88 valence electrons. The minimum Gasteiger partial charge on any atom is -0.394 e. The Morgan fingerprint density at radius 1 is 1.33 bits per heavy atom. The SMILES string of the molecule is C=CCO[C@@H]([C@H](O)[C@H](O)CO)[C@@H](O)C=O. The molecule has 0 aromatic carbocycles. The average molecular weight is 220 g/mol. The van der Waals surface area contributed by atoms with Gasteiger partial charge < -0.3 is 30.0 Å². The van der Waals surface area contributed by atoms with Gasteiger partial charge in [-0.2, -0.15) is 0 Å². The van der Waals surface area contributed by atoms with E-state index in [9.17, 15) is 15.0 Å². The van der Waals surface area contributed by atoms with Crippen molar-refractivity contribution in [1.29, 1.82) is 0 Å². The standard InChI is InChI=1S/C9H16O6/c1-2-3-15-9(7(13)5-11)8(14)6(12)4-10/h2,5-10,12-14H,1,3-4H2/t6-,7+,8-,9-/m1/s1. The van der Waals surface area contributed by atoms with E-state index in [1.54, 1.807) is 0 Å². The van der Waals surface area contributed by atoms with Crippen LogP contribution in [0.2, 0.25) is 0 Å². The van der Waals surface area contributed by atoms with E-state index in [4.69, 9.17) is 14.9 Å². The van der Waals surface area contributed by atoms with Gasteiger partial charge in [-0.3, -0.25) is 0 Å². The summed E-state index contributed by atoms with van der Waals surface area (Å²) in [6, 6.07) is 0. The third kappa shape index (κ3) is 4.50. The number of carbonyl (C=O) groups excluding carboxylic acids is 1. The predicted octanol–water partition coefficient (Wildman–Crippen LogP) is -2.17. The Labute approximate surface area is 87.4 Å². The first-order valence-electron chi connectivity index (χ1n) is 4.41. The highest BCUT2D eigenvalue weighted by Gasteiger charge is 2.32. The van der Waals surface area contributed by atoms with Crippen LogP contribution in [-0.4, -0.2) is 64.3 Å². The summed E-state index contributed by atoms with van der Waals surface area (Å²) in [6.45, 7) is 2.66. The number of hydrogen-bond donors (Lipinski definition) is 4. The molecule has 0 heterocycles. The van der Waals surface area contributed by atoms with Crippen LogP contribution in [0.4, 0.5) is 0 Å². The Balaban J connectivity index is 4.45. The van der Waals surface area contributed by atoms with Gasteiger partial charge in [0.15, 0.2) is 6.29 Å². The maximum Gasteiger partial charge on any atom is 0.151 e. The zero-order valence-electron chi connectivity index (χ0n) is 8.19. The lowest BCUT2D eigenvalue weighted by molar-refractivity contribution is -0.147. The Morgan fingerprint density at radius 2 is 1.93 bits per heavy atom. The van der Waals surface area contributed by atoms with Crippen molar-refractivity contribution in [1.82, 2.24) is 0 Å². The van der Waals surface area contributed by atoms with Crippen LogP contribution < -0.4 is 0 Å². The largest absolute Gasteiger partial charge is 0.394 e. The average Bonchev–Trinajstić information content (AvgIpc) is 2.27. The smallest absolute Gasteiger partial charge is 0.151 e. The van der Waals surface area contributed by atoms with Crippen LogP contribution >= 0.6 is 0 Å². The summed E-state index contributed by atoms with van der Waals surface area (Å²) in [5.41, 5.74) is 0. The van der Waals surface area contributed by atoms with E-state index in [1.165, 1.54) is 6.08 Å². The molecule has 0 aliphatic carbocycles. The summed E-state index contributed by atoms with van der Waals surface area (Å²) in [4.78, 5) is 10.3. The third-order valence-electron chi connectivity index (χ3n) is 1.80. The quantitative estimate of drug-likeness (QED) is 0.274. The molecule has 0 fully saturated rings. The highest BCUT2D eigenvalue weighted by atomic mass is 16.5. The number of rotatable bonds is 8. The molecule has 0 aliphatic rings. The molecule has 4 N–H and O–H groups in total. The molecule has 0 radical (unpaired) electrons. The fraction of sp³-hybridized carbons (Fsp3) is 0.667. The van der Waals surface area contributed by atoms with Gasteiger partial charge in [0.2, 0.25) is 0 Å². The number of ether oxygens (including phenoxy) is 1. The maximum atomic E-state index is 10.3. The van der Waals surface area contributed by atoms with Crippen molar-refractivity contribution in [2.75, 3.05) is 13.2 Å². The highest BCUT2D eigenvalue weighted by molar-refractivity contribution is 5.56. The van der Waals surface area contributed by atoms with E-state index < -0.39 is 31.0 Å². The fourth-order valence-electron chi connectivity index (χ4n) is 0.983. The second kappa shape index (κ2) is 7.49. The Morgan fingerprint density at radius 3 is 2.33 bits per heavy atom. The van der Waals surface area contributed by atoms with Crippen LogP contribution in [-0.2, 0) is 9.53 Å². The topological polar surface area (TPSA) is 107 Å². The van der Waals surface area contributed by atoms with Gasteiger partial charge in [-0.25, -0.2) is 0 Å². The van der Waals surface area contributed by atoms with Crippen molar-refractivity contribution in [3.8, 4) is 0 Å². The van der Waals surface area contributed by atoms with Gasteiger partial charge in [0.1, 0.15) is 24.4 Å². The first-order valence-corrected chi connectivity index (χ1v) is 4.41. The van der Waals surface area contributed by atoms with Crippen molar-refractivity contribution in [3.05, 3.63) is 12.7 Å². The number of hydrogen-bond acceptors (Lipinski definition) is 6. The molecule has 6 nitrogen and oxygen atoms in total. The first kappa shape index (κ1) is 14.2. The monoisotopic (exact) mass is 220 g/mol. The third-order valence-corrected chi connectivity index (χ3v) is 1.80. The van der Waals surface area contributed by atoms with Crippen LogP contribution in [0.15, 0.2) is 12.7 Å². The van der Waals surface area contributed by atoms with Crippen molar-refractivity contribution < 1.29 is 30.0 Å². The summed E-state index contributed by atoms with van der Waals surface area (Å²) in [6.07, 6.45) is -4.34. The van der Waals surface area contributed by atoms with Crippen molar-refractivity contribution >= 4 is 6.29 Å². The minimum absolute atomic E-state index is 0.00474. The van der Waals surface area contributed by atoms with Crippen LogP contribution in [0, 0.1) is 0 Å². The molecule has 6 heteroatoms. The zero-order chi connectivity index (χ0) is 11.8. The first-order chi connectivity index (χ1) is 7.08. The van der Waals surface area contributed by atoms with E-state index in [1.807, 2.05) is 0 Å². The van der Waals surface area contributed by atoms with Crippen molar-refractivity contribution in [3.63, 3.8) is 0 Å². The molecule has 0 rings (SSSR count). The van der Waals surface area contributed by atoms with E-state index in [-0.39, 0.29) is 12.9 Å². The van der Waals surface area contributed by atoms with Gasteiger partial charge >= 0.3 is 0 Å². The molecule has 0 saturated carbocycles. The molecule has 0 aromatic rings. The normalized spacial score (nSPS) is 18.9. The Kier molecular flexibility index (Phi) is 7.10. The van der Waals surface area contributed by atoms with E-state index in [2.05, 4.69) is 6.58 Å². The van der Waals surface area contributed by atoms with Gasteiger partial charge in [-0.15, -0.1) is 6.58 Å². The molecule has 0 unspecified atom stereocenters. The fourth-order valence-corrected chi connectivity index (χ4v) is 0.983. The summed E-state index contributed by atoms with van der Waals surface area (Å²) in [7, 11) is 0. The summed E-state index contributed by atoms with van der Waals surface area (Å²) < 4.78 is 4.91. The van der Waals surface area contributed by atoms with Gasteiger partial charge in [0.05, 0.1) is 13.2 Å². The molecule has 0 amide bonds.